The minimum atomic E-state index is -0.578. The van der Waals surface area contributed by atoms with Gasteiger partial charge in [-0.05, 0) is 25.5 Å². The molecule has 0 aliphatic carbocycles. The molecule has 1 aliphatic heterocycles. The summed E-state index contributed by atoms with van der Waals surface area (Å²) in [6.45, 7) is 0.930. The number of halogens is 2. The lowest BCUT2D eigenvalue weighted by atomic mass is 10.0. The number of rotatable bonds is 1. The third kappa shape index (κ3) is 1.57. The van der Waals surface area contributed by atoms with Crippen molar-refractivity contribution >= 4 is 11.6 Å². The zero-order valence-electron chi connectivity index (χ0n) is 7.56. The molecule has 1 fully saturated rings. The highest BCUT2D eigenvalue weighted by Crippen LogP contribution is 2.36. The van der Waals surface area contributed by atoms with Crippen molar-refractivity contribution in [2.45, 2.75) is 18.9 Å². The molecule has 2 rings (SSSR count). The maximum Gasteiger partial charge on any atom is 0.145 e. The molecule has 0 aromatic heterocycles. The predicted octanol–water partition coefficient (Wildman–Crippen LogP) is 2.61. The average molecular weight is 216 g/mol. The summed E-state index contributed by atoms with van der Waals surface area (Å²) in [6.07, 6.45) is 2.02. The van der Waals surface area contributed by atoms with Crippen molar-refractivity contribution in [3.05, 3.63) is 28.5 Å². The Balaban J connectivity index is 2.38. The molecule has 1 aromatic carbocycles. The molecule has 1 atom stereocenters. The molecule has 0 bridgehead atoms. The van der Waals surface area contributed by atoms with Crippen LogP contribution in [0, 0.1) is 5.82 Å². The minimum absolute atomic E-state index is 0.105. The second-order valence-electron chi connectivity index (χ2n) is 3.45. The Labute approximate surface area is 86.7 Å². The smallest absolute Gasteiger partial charge is 0.145 e. The summed E-state index contributed by atoms with van der Waals surface area (Å²) in [5.74, 6) is -0.711. The largest absolute Gasteiger partial charge is 0.506 e. The SMILES string of the molecule is Oc1c([C@H]2CCCN2)ccc(F)c1Cl. The van der Waals surface area contributed by atoms with Crippen LogP contribution in [0.2, 0.25) is 5.02 Å². The van der Waals surface area contributed by atoms with Crippen LogP contribution in [0.25, 0.3) is 0 Å². The van der Waals surface area contributed by atoms with Gasteiger partial charge in [-0.15, -0.1) is 0 Å². The Morgan fingerprint density at radius 1 is 1.50 bits per heavy atom. The third-order valence-electron chi connectivity index (χ3n) is 2.54. The van der Waals surface area contributed by atoms with Crippen molar-refractivity contribution < 1.29 is 9.50 Å². The maximum absolute atomic E-state index is 12.9. The van der Waals surface area contributed by atoms with Gasteiger partial charge >= 0.3 is 0 Å². The minimum Gasteiger partial charge on any atom is -0.506 e. The maximum atomic E-state index is 12.9. The lowest BCUT2D eigenvalue weighted by Gasteiger charge is -2.13. The third-order valence-corrected chi connectivity index (χ3v) is 2.90. The molecule has 1 aliphatic rings. The Bertz CT molecular complexity index is 350. The standard InChI is InChI=1S/C10H11ClFNO/c11-9-7(12)4-3-6(10(9)14)8-2-1-5-13-8/h3-4,8,13-14H,1-2,5H2/t8-/m1/s1. The fraction of sp³-hybridized carbons (Fsp3) is 0.400. The molecule has 1 heterocycles. The van der Waals surface area contributed by atoms with E-state index < -0.39 is 5.82 Å². The van der Waals surface area contributed by atoms with E-state index in [0.29, 0.717) is 5.56 Å². The number of hydrogen-bond donors (Lipinski definition) is 2. The van der Waals surface area contributed by atoms with Crippen molar-refractivity contribution in [2.75, 3.05) is 6.54 Å². The van der Waals surface area contributed by atoms with E-state index in [4.69, 9.17) is 11.6 Å². The normalized spacial score (nSPS) is 21.4. The summed E-state index contributed by atoms with van der Waals surface area (Å²) in [5.41, 5.74) is 0.689. The molecule has 0 spiro atoms. The molecular formula is C10H11ClFNO. The molecule has 1 saturated heterocycles. The molecule has 0 amide bonds. The molecule has 1 aromatic rings. The lowest BCUT2D eigenvalue weighted by Crippen LogP contribution is -2.13. The fourth-order valence-corrected chi connectivity index (χ4v) is 1.96. The molecule has 2 nitrogen and oxygen atoms in total. The zero-order valence-corrected chi connectivity index (χ0v) is 8.31. The number of aromatic hydroxyl groups is 1. The van der Waals surface area contributed by atoms with Crippen LogP contribution in [0.5, 0.6) is 5.75 Å². The van der Waals surface area contributed by atoms with Gasteiger partial charge in [0, 0.05) is 11.6 Å². The molecule has 14 heavy (non-hydrogen) atoms. The van der Waals surface area contributed by atoms with E-state index in [-0.39, 0.29) is 16.8 Å². The van der Waals surface area contributed by atoms with Crippen molar-refractivity contribution in [1.29, 1.82) is 0 Å². The van der Waals surface area contributed by atoms with Gasteiger partial charge in [-0.1, -0.05) is 17.7 Å². The van der Waals surface area contributed by atoms with Gasteiger partial charge in [-0.2, -0.15) is 0 Å². The van der Waals surface area contributed by atoms with Crippen LogP contribution in [0.15, 0.2) is 12.1 Å². The quantitative estimate of drug-likeness (QED) is 0.755. The first-order chi connectivity index (χ1) is 6.70. The highest BCUT2D eigenvalue weighted by Gasteiger charge is 2.21. The summed E-state index contributed by atoms with van der Waals surface area (Å²) in [6, 6.07) is 2.98. The van der Waals surface area contributed by atoms with Crippen LogP contribution in [0.1, 0.15) is 24.4 Å². The van der Waals surface area contributed by atoms with Gasteiger partial charge in [0.05, 0.1) is 0 Å². The molecule has 76 valence electrons. The van der Waals surface area contributed by atoms with E-state index in [1.54, 1.807) is 6.07 Å². The molecule has 0 unspecified atom stereocenters. The van der Waals surface area contributed by atoms with Crippen LogP contribution < -0.4 is 5.32 Å². The summed E-state index contributed by atoms with van der Waals surface area (Å²) in [5, 5.41) is 12.7. The summed E-state index contributed by atoms with van der Waals surface area (Å²) in [7, 11) is 0. The fourth-order valence-electron chi connectivity index (χ4n) is 1.79. The molecular weight excluding hydrogens is 205 g/mol. The van der Waals surface area contributed by atoms with E-state index in [1.807, 2.05) is 0 Å². The first-order valence-corrected chi connectivity index (χ1v) is 4.98. The lowest BCUT2D eigenvalue weighted by molar-refractivity contribution is 0.451. The van der Waals surface area contributed by atoms with Crippen LogP contribution >= 0.6 is 11.6 Å². The zero-order chi connectivity index (χ0) is 10.1. The second-order valence-corrected chi connectivity index (χ2v) is 3.83. The number of nitrogens with one attached hydrogen (secondary N) is 1. The molecule has 4 heteroatoms. The van der Waals surface area contributed by atoms with Crippen LogP contribution in [-0.4, -0.2) is 11.7 Å². The van der Waals surface area contributed by atoms with Gasteiger partial charge in [-0.3, -0.25) is 0 Å². The Morgan fingerprint density at radius 2 is 2.29 bits per heavy atom. The van der Waals surface area contributed by atoms with E-state index in [0.717, 1.165) is 19.4 Å². The Morgan fingerprint density at radius 3 is 2.93 bits per heavy atom. The van der Waals surface area contributed by atoms with Gasteiger partial charge in [0.1, 0.15) is 16.6 Å². The number of benzene rings is 1. The predicted molar refractivity (Wildman–Crippen MR) is 53.1 cm³/mol. The number of hydrogen-bond acceptors (Lipinski definition) is 2. The monoisotopic (exact) mass is 215 g/mol. The number of phenolic OH excluding ortho intramolecular Hbond substituents is 1. The second kappa shape index (κ2) is 3.75. The average Bonchev–Trinajstić information content (AvgIpc) is 2.67. The summed E-state index contributed by atoms with van der Waals surface area (Å²) in [4.78, 5) is 0. The molecule has 2 N–H and O–H groups in total. The van der Waals surface area contributed by atoms with Crippen molar-refractivity contribution in [1.82, 2.24) is 5.32 Å². The van der Waals surface area contributed by atoms with Crippen molar-refractivity contribution in [2.24, 2.45) is 0 Å². The highest BCUT2D eigenvalue weighted by atomic mass is 35.5. The Kier molecular flexibility index (Phi) is 2.61. The first-order valence-electron chi connectivity index (χ1n) is 4.60. The van der Waals surface area contributed by atoms with Crippen LogP contribution in [-0.2, 0) is 0 Å². The molecule has 0 radical (unpaired) electrons. The van der Waals surface area contributed by atoms with Crippen LogP contribution in [0.3, 0.4) is 0 Å². The van der Waals surface area contributed by atoms with E-state index in [2.05, 4.69) is 5.32 Å². The topological polar surface area (TPSA) is 32.3 Å². The number of phenols is 1. The van der Waals surface area contributed by atoms with Crippen LogP contribution in [0.4, 0.5) is 4.39 Å². The Hall–Kier alpha value is -0.800. The summed E-state index contributed by atoms with van der Waals surface area (Å²) >= 11 is 5.61. The van der Waals surface area contributed by atoms with E-state index in [9.17, 15) is 9.50 Å². The van der Waals surface area contributed by atoms with Gasteiger partial charge in [0.25, 0.3) is 0 Å². The van der Waals surface area contributed by atoms with Gasteiger partial charge < -0.3 is 10.4 Å². The van der Waals surface area contributed by atoms with E-state index >= 15 is 0 Å². The highest BCUT2D eigenvalue weighted by molar-refractivity contribution is 6.32. The van der Waals surface area contributed by atoms with E-state index in [1.165, 1.54) is 6.07 Å². The van der Waals surface area contributed by atoms with Crippen molar-refractivity contribution in [3.8, 4) is 5.75 Å². The molecule has 0 saturated carbocycles. The van der Waals surface area contributed by atoms with Gasteiger partial charge in [-0.25, -0.2) is 4.39 Å². The van der Waals surface area contributed by atoms with Crippen molar-refractivity contribution in [3.63, 3.8) is 0 Å². The van der Waals surface area contributed by atoms with Gasteiger partial charge in [0.15, 0.2) is 0 Å². The first kappa shape index (κ1) is 9.74. The van der Waals surface area contributed by atoms with Gasteiger partial charge in [0.2, 0.25) is 0 Å². The summed E-state index contributed by atoms with van der Waals surface area (Å²) < 4.78 is 12.9.